The predicted molar refractivity (Wildman–Crippen MR) is 357 cm³/mol. The third kappa shape index (κ3) is 66.9. The van der Waals surface area contributed by atoms with Crippen molar-refractivity contribution in [1.82, 2.24) is 0 Å². The van der Waals surface area contributed by atoms with Crippen LogP contribution in [-0.4, -0.2) is 37.2 Å². The van der Waals surface area contributed by atoms with E-state index in [1.807, 2.05) is 0 Å². The van der Waals surface area contributed by atoms with Crippen molar-refractivity contribution < 1.29 is 28.6 Å². The third-order valence-corrected chi connectivity index (χ3v) is 15.0. The first-order valence-corrected chi connectivity index (χ1v) is 34.9. The van der Waals surface area contributed by atoms with Gasteiger partial charge in [-0.25, -0.2) is 0 Å². The van der Waals surface area contributed by atoms with E-state index in [2.05, 4.69) is 130 Å². The van der Waals surface area contributed by atoms with E-state index in [1.165, 1.54) is 186 Å². The lowest BCUT2D eigenvalue weighted by Gasteiger charge is -2.18. The molecule has 0 aliphatic heterocycles. The lowest BCUT2D eigenvalue weighted by Crippen LogP contribution is -2.30. The lowest BCUT2D eigenvalue weighted by atomic mass is 10.0. The summed E-state index contributed by atoms with van der Waals surface area (Å²) in [6.07, 6.45) is 95.5. The Morgan fingerprint density at radius 1 is 0.256 bits per heavy atom. The maximum atomic E-state index is 12.9. The van der Waals surface area contributed by atoms with Crippen molar-refractivity contribution in [3.8, 4) is 0 Å². The molecule has 0 N–H and O–H groups in total. The van der Waals surface area contributed by atoms with Gasteiger partial charge in [-0.05, 0) is 96.3 Å². The van der Waals surface area contributed by atoms with E-state index in [0.29, 0.717) is 19.3 Å². The summed E-state index contributed by atoms with van der Waals surface area (Å²) in [5, 5.41) is 0. The molecule has 0 amide bonds. The van der Waals surface area contributed by atoms with E-state index in [9.17, 15) is 14.4 Å². The van der Waals surface area contributed by atoms with Gasteiger partial charge in [0.05, 0.1) is 0 Å². The fourth-order valence-corrected chi connectivity index (χ4v) is 9.88. The molecule has 0 fully saturated rings. The van der Waals surface area contributed by atoms with Gasteiger partial charge in [0.25, 0.3) is 0 Å². The standard InChI is InChI=1S/C76H130O6/c1-4-7-10-13-16-19-22-25-28-31-33-34-35-36-37-38-39-40-41-42-43-46-48-51-54-57-60-63-66-69-75(78)81-72-73(71-80-74(77)68-65-62-59-56-53-50-47-44-30-27-24-21-18-15-12-9-6-3)82-76(79)70-67-64-61-58-55-52-49-45-32-29-26-23-20-17-14-11-8-5-2/h7,9-10,12,16,18-19,21,25,27-28,30,33-34,47,50,56,59,73H,4-6,8,11,13-15,17,20,22-24,26,29,31-32,35-46,48-49,51-55,57-58,60-72H2,1-3H3/b10-7-,12-9-,19-16-,21-18-,28-25-,30-27-,34-33-,50-47-,59-56-. The Hall–Kier alpha value is -3.93. The molecule has 0 saturated carbocycles. The number of ether oxygens (including phenoxy) is 3. The fraction of sp³-hybridized carbons (Fsp3) is 0.724. The lowest BCUT2D eigenvalue weighted by molar-refractivity contribution is -0.167. The molecule has 6 heteroatoms. The zero-order valence-corrected chi connectivity index (χ0v) is 54.0. The van der Waals surface area contributed by atoms with Crippen LogP contribution in [0.15, 0.2) is 109 Å². The van der Waals surface area contributed by atoms with E-state index in [1.54, 1.807) is 0 Å². The van der Waals surface area contributed by atoms with Crippen LogP contribution in [0, 0.1) is 0 Å². The number of hydrogen-bond acceptors (Lipinski definition) is 6. The molecule has 0 spiro atoms. The predicted octanol–water partition coefficient (Wildman–Crippen LogP) is 24.2. The zero-order valence-electron chi connectivity index (χ0n) is 54.0. The monoisotopic (exact) mass is 1140 g/mol. The minimum absolute atomic E-state index is 0.0925. The summed E-state index contributed by atoms with van der Waals surface area (Å²) in [7, 11) is 0. The molecule has 0 aliphatic carbocycles. The van der Waals surface area contributed by atoms with Gasteiger partial charge in [-0.15, -0.1) is 0 Å². The molecule has 0 bridgehead atoms. The highest BCUT2D eigenvalue weighted by molar-refractivity contribution is 5.71. The summed E-state index contributed by atoms with van der Waals surface area (Å²) in [6.45, 7) is 6.41. The van der Waals surface area contributed by atoms with Crippen molar-refractivity contribution in [2.24, 2.45) is 0 Å². The van der Waals surface area contributed by atoms with Gasteiger partial charge in [-0.1, -0.05) is 329 Å². The van der Waals surface area contributed by atoms with Crippen LogP contribution >= 0.6 is 0 Å². The van der Waals surface area contributed by atoms with Gasteiger partial charge in [-0.3, -0.25) is 14.4 Å². The van der Waals surface area contributed by atoms with Crippen molar-refractivity contribution in [3.05, 3.63) is 109 Å². The van der Waals surface area contributed by atoms with Gasteiger partial charge < -0.3 is 14.2 Å². The minimum Gasteiger partial charge on any atom is -0.462 e. The number of carbonyl (C=O) groups is 3. The Morgan fingerprint density at radius 3 is 0.793 bits per heavy atom. The molecule has 6 nitrogen and oxygen atoms in total. The first-order chi connectivity index (χ1) is 40.5. The van der Waals surface area contributed by atoms with Gasteiger partial charge in [0.2, 0.25) is 0 Å². The van der Waals surface area contributed by atoms with E-state index < -0.39 is 6.10 Å². The molecule has 0 aromatic rings. The van der Waals surface area contributed by atoms with Crippen LogP contribution in [0.3, 0.4) is 0 Å². The first kappa shape index (κ1) is 78.1. The van der Waals surface area contributed by atoms with Gasteiger partial charge >= 0.3 is 17.9 Å². The SMILES string of the molecule is CC/C=C\C/C=C\C/C=C\C/C=C\C/C=C\CCCC(=O)OCC(COC(=O)CCCCCCCCCCCCCCCCCC/C=C\C/C=C\C/C=C\C/C=C\CC)OC(=O)CCCCCCCCCCCCCCCCCCCC. The summed E-state index contributed by atoms with van der Waals surface area (Å²) < 4.78 is 16.9. The summed E-state index contributed by atoms with van der Waals surface area (Å²) in [5.41, 5.74) is 0. The molecule has 0 aromatic heterocycles. The number of rotatable bonds is 63. The average Bonchev–Trinajstić information content (AvgIpc) is 3.47. The Kier molecular flexibility index (Phi) is 66.2. The van der Waals surface area contributed by atoms with Gasteiger partial charge in [0.15, 0.2) is 6.10 Å². The maximum Gasteiger partial charge on any atom is 0.306 e. The average molecular weight is 1140 g/mol. The number of hydrogen-bond donors (Lipinski definition) is 0. The molecule has 0 radical (unpaired) electrons. The van der Waals surface area contributed by atoms with Gasteiger partial charge in [0, 0.05) is 19.3 Å². The highest BCUT2D eigenvalue weighted by atomic mass is 16.6. The summed E-state index contributed by atoms with van der Waals surface area (Å²) >= 11 is 0. The van der Waals surface area contributed by atoms with Crippen LogP contribution in [0.1, 0.15) is 335 Å². The van der Waals surface area contributed by atoms with E-state index in [-0.39, 0.29) is 37.5 Å². The fourth-order valence-electron chi connectivity index (χ4n) is 9.88. The topological polar surface area (TPSA) is 78.9 Å². The van der Waals surface area contributed by atoms with Gasteiger partial charge in [0.1, 0.15) is 13.2 Å². The van der Waals surface area contributed by atoms with Crippen molar-refractivity contribution >= 4 is 17.9 Å². The second-order valence-electron chi connectivity index (χ2n) is 23.0. The van der Waals surface area contributed by atoms with Crippen molar-refractivity contribution in [3.63, 3.8) is 0 Å². The second kappa shape index (κ2) is 69.6. The summed E-state index contributed by atoms with van der Waals surface area (Å²) in [4.78, 5) is 38.4. The van der Waals surface area contributed by atoms with Crippen molar-refractivity contribution in [1.29, 1.82) is 0 Å². The smallest absolute Gasteiger partial charge is 0.306 e. The normalized spacial score (nSPS) is 12.8. The molecule has 0 heterocycles. The van der Waals surface area contributed by atoms with E-state index >= 15 is 0 Å². The highest BCUT2D eigenvalue weighted by Crippen LogP contribution is 2.18. The largest absolute Gasteiger partial charge is 0.462 e. The van der Waals surface area contributed by atoms with Crippen LogP contribution in [0.4, 0.5) is 0 Å². The summed E-state index contributed by atoms with van der Waals surface area (Å²) in [5.74, 6) is -0.937. The Balaban J connectivity index is 4.32. The maximum absolute atomic E-state index is 12.9. The number of unbranched alkanes of at least 4 members (excludes halogenated alkanes) is 34. The molecule has 0 saturated heterocycles. The van der Waals surface area contributed by atoms with Crippen molar-refractivity contribution in [2.45, 2.75) is 341 Å². The van der Waals surface area contributed by atoms with Gasteiger partial charge in [-0.2, -0.15) is 0 Å². The van der Waals surface area contributed by atoms with E-state index in [0.717, 1.165) is 103 Å². The van der Waals surface area contributed by atoms with Crippen LogP contribution in [0.25, 0.3) is 0 Å². The minimum atomic E-state index is -0.801. The molecule has 0 rings (SSSR count). The quantitative estimate of drug-likeness (QED) is 0.0261. The number of carbonyl (C=O) groups excluding carboxylic acids is 3. The molecular formula is C76H130O6. The van der Waals surface area contributed by atoms with E-state index in [4.69, 9.17) is 14.2 Å². The first-order valence-electron chi connectivity index (χ1n) is 34.9. The van der Waals surface area contributed by atoms with Crippen LogP contribution < -0.4 is 0 Å². The third-order valence-electron chi connectivity index (χ3n) is 15.0. The van der Waals surface area contributed by atoms with Crippen LogP contribution in [-0.2, 0) is 28.6 Å². The molecule has 0 aromatic carbocycles. The molecular weight excluding hydrogens is 1010 g/mol. The van der Waals surface area contributed by atoms with Crippen molar-refractivity contribution in [2.75, 3.05) is 13.2 Å². The summed E-state index contributed by atoms with van der Waals surface area (Å²) in [6, 6.07) is 0. The number of esters is 3. The molecule has 82 heavy (non-hydrogen) atoms. The zero-order chi connectivity index (χ0) is 59.2. The molecule has 0 aliphatic rings. The Morgan fingerprint density at radius 2 is 0.488 bits per heavy atom. The molecule has 1 unspecified atom stereocenters. The Labute approximate surface area is 508 Å². The Bertz CT molecular complexity index is 1640. The van der Waals surface area contributed by atoms with Crippen LogP contribution in [0.5, 0.6) is 0 Å². The van der Waals surface area contributed by atoms with Crippen LogP contribution in [0.2, 0.25) is 0 Å². The number of allylic oxidation sites excluding steroid dienone is 18. The molecule has 1 atom stereocenters. The second-order valence-corrected chi connectivity index (χ2v) is 23.0. The molecule has 470 valence electrons. The highest BCUT2D eigenvalue weighted by Gasteiger charge is 2.19.